The molecule has 1 atom stereocenters. The average molecular weight is 231 g/mol. The summed E-state index contributed by atoms with van der Waals surface area (Å²) in [7, 11) is 0. The molecule has 3 heteroatoms. The molecule has 3 aliphatic rings. The van der Waals surface area contributed by atoms with Gasteiger partial charge in [0.15, 0.2) is 0 Å². The van der Waals surface area contributed by atoms with Crippen LogP contribution in [0.15, 0.2) is 34.6 Å². The number of rotatable bonds is 2. The van der Waals surface area contributed by atoms with Crippen molar-refractivity contribution in [3.63, 3.8) is 0 Å². The number of ether oxygens (including phenoxy) is 1. The number of esters is 1. The third-order valence-electron chi connectivity index (χ3n) is 3.72. The Kier molecular flexibility index (Phi) is 2.54. The zero-order valence-corrected chi connectivity index (χ0v) is 10.1. The van der Waals surface area contributed by atoms with E-state index in [9.17, 15) is 4.79 Å². The van der Waals surface area contributed by atoms with Gasteiger partial charge in [-0.3, -0.25) is 0 Å². The van der Waals surface area contributed by atoms with Crippen LogP contribution in [-0.4, -0.2) is 18.6 Å². The highest BCUT2D eigenvalue weighted by Crippen LogP contribution is 2.40. The molecule has 90 valence electrons. The first kappa shape index (κ1) is 10.6. The predicted octanol–water partition coefficient (Wildman–Crippen LogP) is 2.22. The Bertz CT molecular complexity index is 457. The van der Waals surface area contributed by atoms with Crippen LogP contribution in [0.1, 0.15) is 32.6 Å². The van der Waals surface area contributed by atoms with Gasteiger partial charge < -0.3 is 10.1 Å². The Morgan fingerprint density at radius 3 is 3.24 bits per heavy atom. The summed E-state index contributed by atoms with van der Waals surface area (Å²) in [5.74, 6) is -0.119. The third kappa shape index (κ3) is 1.70. The van der Waals surface area contributed by atoms with E-state index < -0.39 is 0 Å². The van der Waals surface area contributed by atoms with E-state index in [1.807, 2.05) is 6.92 Å². The highest BCUT2D eigenvalue weighted by molar-refractivity contribution is 5.78. The van der Waals surface area contributed by atoms with Gasteiger partial charge in [0.1, 0.15) is 6.04 Å². The largest absolute Gasteiger partial charge is 0.464 e. The number of nitrogens with one attached hydrogen (secondary N) is 1. The Hall–Kier alpha value is -1.51. The summed E-state index contributed by atoms with van der Waals surface area (Å²) in [4.78, 5) is 11.7. The molecule has 17 heavy (non-hydrogen) atoms. The van der Waals surface area contributed by atoms with Crippen LogP contribution >= 0.6 is 0 Å². The molecule has 0 aromatic rings. The van der Waals surface area contributed by atoms with E-state index in [1.165, 1.54) is 22.4 Å². The monoisotopic (exact) mass is 231 g/mol. The standard InChI is InChI=1S/C14H17NO2/c1-2-17-14(16)13-8-11-10-5-3-4-9(10)6-7-12(11)15-13/h3,5,13,15H,2,4,6-8H2,1H3. The first-order valence-corrected chi connectivity index (χ1v) is 6.33. The van der Waals surface area contributed by atoms with Gasteiger partial charge in [0, 0.05) is 12.1 Å². The van der Waals surface area contributed by atoms with E-state index in [2.05, 4.69) is 17.5 Å². The van der Waals surface area contributed by atoms with Gasteiger partial charge in [0.05, 0.1) is 6.61 Å². The molecule has 0 saturated heterocycles. The number of hydrogen-bond donors (Lipinski definition) is 1. The van der Waals surface area contributed by atoms with Crippen molar-refractivity contribution < 1.29 is 9.53 Å². The average Bonchev–Trinajstić information content (AvgIpc) is 2.94. The molecule has 0 radical (unpaired) electrons. The van der Waals surface area contributed by atoms with Crippen molar-refractivity contribution in [2.24, 2.45) is 0 Å². The lowest BCUT2D eigenvalue weighted by Crippen LogP contribution is -2.33. The molecule has 2 aliphatic carbocycles. The number of carbonyl (C=O) groups is 1. The summed E-state index contributed by atoms with van der Waals surface area (Å²) >= 11 is 0. The van der Waals surface area contributed by atoms with Crippen LogP contribution in [-0.2, 0) is 9.53 Å². The lowest BCUT2D eigenvalue weighted by Gasteiger charge is -2.16. The summed E-state index contributed by atoms with van der Waals surface area (Å²) in [5.41, 5.74) is 5.52. The van der Waals surface area contributed by atoms with Crippen LogP contribution in [0.2, 0.25) is 0 Å². The third-order valence-corrected chi connectivity index (χ3v) is 3.72. The fourth-order valence-electron chi connectivity index (χ4n) is 2.93. The molecule has 1 heterocycles. The highest BCUT2D eigenvalue weighted by Gasteiger charge is 2.34. The zero-order chi connectivity index (χ0) is 11.8. The van der Waals surface area contributed by atoms with Crippen LogP contribution < -0.4 is 5.32 Å². The molecule has 1 unspecified atom stereocenters. The molecule has 0 spiro atoms. The molecule has 0 saturated carbocycles. The van der Waals surface area contributed by atoms with Gasteiger partial charge in [-0.15, -0.1) is 0 Å². The van der Waals surface area contributed by atoms with E-state index in [1.54, 1.807) is 0 Å². The number of hydrogen-bond acceptors (Lipinski definition) is 3. The molecule has 0 aromatic carbocycles. The van der Waals surface area contributed by atoms with Crippen LogP contribution in [0.3, 0.4) is 0 Å². The Labute approximate surface area is 101 Å². The molecule has 1 N–H and O–H groups in total. The summed E-state index contributed by atoms with van der Waals surface area (Å²) in [6.45, 7) is 2.30. The van der Waals surface area contributed by atoms with E-state index >= 15 is 0 Å². The van der Waals surface area contributed by atoms with Crippen LogP contribution in [0.4, 0.5) is 0 Å². The van der Waals surface area contributed by atoms with Gasteiger partial charge in [-0.05, 0) is 37.3 Å². The van der Waals surface area contributed by atoms with Gasteiger partial charge >= 0.3 is 5.97 Å². The first-order valence-electron chi connectivity index (χ1n) is 6.33. The maximum Gasteiger partial charge on any atom is 0.328 e. The van der Waals surface area contributed by atoms with Gasteiger partial charge in [0.25, 0.3) is 0 Å². The lowest BCUT2D eigenvalue weighted by molar-refractivity contribution is -0.145. The molecular formula is C14H17NO2. The fourth-order valence-corrected chi connectivity index (χ4v) is 2.93. The SMILES string of the molecule is CCOC(=O)C1CC2=C(CCC3=C2C=CC3)N1. The second-order valence-corrected chi connectivity index (χ2v) is 4.73. The molecule has 0 amide bonds. The summed E-state index contributed by atoms with van der Waals surface area (Å²) < 4.78 is 5.08. The molecule has 1 aliphatic heterocycles. The fraction of sp³-hybridized carbons (Fsp3) is 0.500. The van der Waals surface area contributed by atoms with E-state index in [0.717, 1.165) is 25.7 Å². The number of allylic oxidation sites excluding steroid dienone is 5. The van der Waals surface area contributed by atoms with Crippen LogP contribution in [0, 0.1) is 0 Å². The molecule has 0 fully saturated rings. The normalized spacial score (nSPS) is 25.8. The maximum absolute atomic E-state index is 11.7. The second-order valence-electron chi connectivity index (χ2n) is 4.73. The zero-order valence-electron chi connectivity index (χ0n) is 10.1. The van der Waals surface area contributed by atoms with Crippen molar-refractivity contribution in [1.29, 1.82) is 0 Å². The minimum absolute atomic E-state index is 0.119. The van der Waals surface area contributed by atoms with Crippen LogP contribution in [0.5, 0.6) is 0 Å². The van der Waals surface area contributed by atoms with Gasteiger partial charge in [-0.25, -0.2) is 4.79 Å². The Morgan fingerprint density at radius 2 is 2.41 bits per heavy atom. The summed E-state index contributed by atoms with van der Waals surface area (Å²) in [6.07, 6.45) is 8.49. The van der Waals surface area contributed by atoms with Crippen molar-refractivity contribution in [3.8, 4) is 0 Å². The molecule has 0 bridgehead atoms. The number of fused-ring (bicyclic) bond motifs is 1. The molecule has 0 aromatic heterocycles. The first-order chi connectivity index (χ1) is 8.29. The quantitative estimate of drug-likeness (QED) is 0.740. The van der Waals surface area contributed by atoms with Crippen molar-refractivity contribution in [2.45, 2.75) is 38.6 Å². The van der Waals surface area contributed by atoms with Crippen LogP contribution in [0.25, 0.3) is 0 Å². The van der Waals surface area contributed by atoms with E-state index in [-0.39, 0.29) is 12.0 Å². The van der Waals surface area contributed by atoms with Crippen molar-refractivity contribution >= 4 is 5.97 Å². The second kappa shape index (κ2) is 4.06. The minimum atomic E-state index is -0.166. The van der Waals surface area contributed by atoms with Gasteiger partial charge in [0.2, 0.25) is 0 Å². The summed E-state index contributed by atoms with van der Waals surface area (Å²) in [5, 5.41) is 3.33. The predicted molar refractivity (Wildman–Crippen MR) is 65.2 cm³/mol. The highest BCUT2D eigenvalue weighted by atomic mass is 16.5. The molecule has 3 rings (SSSR count). The van der Waals surface area contributed by atoms with Crippen molar-refractivity contribution in [3.05, 3.63) is 34.6 Å². The maximum atomic E-state index is 11.7. The van der Waals surface area contributed by atoms with E-state index in [0.29, 0.717) is 6.61 Å². The number of carbonyl (C=O) groups excluding carboxylic acids is 1. The Morgan fingerprint density at radius 1 is 1.53 bits per heavy atom. The smallest absolute Gasteiger partial charge is 0.328 e. The van der Waals surface area contributed by atoms with Crippen molar-refractivity contribution in [1.82, 2.24) is 5.32 Å². The lowest BCUT2D eigenvalue weighted by atomic mass is 9.90. The van der Waals surface area contributed by atoms with Gasteiger partial charge in [-0.2, -0.15) is 0 Å². The van der Waals surface area contributed by atoms with Gasteiger partial charge in [-0.1, -0.05) is 17.7 Å². The molecule has 3 nitrogen and oxygen atoms in total. The molecular weight excluding hydrogens is 214 g/mol. The van der Waals surface area contributed by atoms with Crippen molar-refractivity contribution in [2.75, 3.05) is 6.61 Å². The minimum Gasteiger partial charge on any atom is -0.464 e. The Balaban J connectivity index is 1.78. The topological polar surface area (TPSA) is 38.3 Å². The van der Waals surface area contributed by atoms with E-state index in [4.69, 9.17) is 4.74 Å². The summed E-state index contributed by atoms with van der Waals surface area (Å²) in [6, 6.07) is -0.166.